The van der Waals surface area contributed by atoms with Crippen molar-refractivity contribution in [1.82, 2.24) is 15.2 Å². The molecule has 0 saturated carbocycles. The molecule has 5 nitrogen and oxygen atoms in total. The maximum atomic E-state index is 12.1. The Morgan fingerprint density at radius 2 is 2.13 bits per heavy atom. The van der Waals surface area contributed by atoms with Gasteiger partial charge < -0.3 is 15.2 Å². The van der Waals surface area contributed by atoms with Gasteiger partial charge in [0.25, 0.3) is 0 Å². The largest absolute Gasteiger partial charge is 0.358 e. The number of H-pyrrole nitrogens is 1. The van der Waals surface area contributed by atoms with Crippen LogP contribution in [0.1, 0.15) is 24.1 Å². The Kier molecular flexibility index (Phi) is 3.53. The van der Waals surface area contributed by atoms with Gasteiger partial charge in [-0.2, -0.15) is 0 Å². The third-order valence-electron chi connectivity index (χ3n) is 4.82. The number of fused-ring (bicyclic) bond motifs is 3. The van der Waals surface area contributed by atoms with E-state index in [4.69, 9.17) is 11.6 Å². The number of aromatic nitrogens is 1. The molecule has 4 rings (SSSR count). The summed E-state index contributed by atoms with van der Waals surface area (Å²) in [5.41, 5.74) is 3.49. The van der Waals surface area contributed by atoms with Crippen molar-refractivity contribution in [3.63, 3.8) is 0 Å². The van der Waals surface area contributed by atoms with Gasteiger partial charge >= 0.3 is 11.8 Å². The number of halogens is 1. The van der Waals surface area contributed by atoms with Gasteiger partial charge in [-0.3, -0.25) is 9.59 Å². The molecule has 1 unspecified atom stereocenters. The van der Waals surface area contributed by atoms with Crippen LogP contribution in [0.3, 0.4) is 0 Å². The molecular weight excluding hydrogens is 314 g/mol. The molecule has 2 amide bonds. The lowest BCUT2D eigenvalue weighted by Gasteiger charge is -2.31. The average Bonchev–Trinajstić information content (AvgIpc) is 2.83. The number of aromatic amines is 1. The zero-order valence-corrected chi connectivity index (χ0v) is 13.4. The summed E-state index contributed by atoms with van der Waals surface area (Å²) in [4.78, 5) is 29.0. The Bertz CT molecular complexity index is 794. The summed E-state index contributed by atoms with van der Waals surface area (Å²) in [5.74, 6) is -0.875. The first-order chi connectivity index (χ1) is 11.1. The lowest BCUT2D eigenvalue weighted by Crippen LogP contribution is -2.52. The third kappa shape index (κ3) is 2.59. The maximum Gasteiger partial charge on any atom is 0.311 e. The first-order valence-corrected chi connectivity index (χ1v) is 8.38. The van der Waals surface area contributed by atoms with Crippen molar-refractivity contribution in [2.45, 2.75) is 31.7 Å². The molecule has 0 bridgehead atoms. The summed E-state index contributed by atoms with van der Waals surface area (Å²) in [7, 11) is 0. The van der Waals surface area contributed by atoms with E-state index in [9.17, 15) is 9.59 Å². The summed E-state index contributed by atoms with van der Waals surface area (Å²) < 4.78 is 0. The van der Waals surface area contributed by atoms with Gasteiger partial charge in [-0.05, 0) is 49.4 Å². The fourth-order valence-electron chi connectivity index (χ4n) is 3.42. The standard InChI is InChI=1S/C17H18ClN3O2/c18-10-2-4-14-12(8-10)13-9-11(3-5-15(13)20-14)19-16(22)17(23)21-6-1-7-21/h2,4,8,11,20H,1,3,5-7,9H2,(H,19,22). The summed E-state index contributed by atoms with van der Waals surface area (Å²) in [6.45, 7) is 1.39. The highest BCUT2D eigenvalue weighted by molar-refractivity contribution is 6.35. The van der Waals surface area contributed by atoms with Crippen LogP contribution in [0.25, 0.3) is 10.9 Å². The number of benzene rings is 1. The number of nitrogens with one attached hydrogen (secondary N) is 2. The van der Waals surface area contributed by atoms with Gasteiger partial charge in [0.1, 0.15) is 0 Å². The van der Waals surface area contributed by atoms with Crippen LogP contribution in [0, 0.1) is 0 Å². The second-order valence-corrected chi connectivity index (χ2v) is 6.77. The monoisotopic (exact) mass is 331 g/mol. The highest BCUT2D eigenvalue weighted by atomic mass is 35.5. The molecular formula is C17H18ClN3O2. The van der Waals surface area contributed by atoms with E-state index in [1.54, 1.807) is 4.90 Å². The predicted molar refractivity (Wildman–Crippen MR) is 88.5 cm³/mol. The Morgan fingerprint density at radius 3 is 2.87 bits per heavy atom. The third-order valence-corrected chi connectivity index (χ3v) is 5.06. The number of nitrogens with zero attached hydrogens (tertiary/aromatic N) is 1. The molecule has 1 aliphatic carbocycles. The normalized spacial score (nSPS) is 20.0. The first-order valence-electron chi connectivity index (χ1n) is 8.00. The van der Waals surface area contributed by atoms with E-state index in [0.29, 0.717) is 18.1 Å². The summed E-state index contributed by atoms with van der Waals surface area (Å²) >= 11 is 6.10. The number of hydrogen-bond acceptors (Lipinski definition) is 2. The zero-order valence-electron chi connectivity index (χ0n) is 12.7. The fourth-order valence-corrected chi connectivity index (χ4v) is 3.59. The molecule has 0 spiro atoms. The molecule has 120 valence electrons. The molecule has 1 saturated heterocycles. The van der Waals surface area contributed by atoms with Gasteiger partial charge in [0.2, 0.25) is 0 Å². The van der Waals surface area contributed by atoms with Gasteiger partial charge in [0, 0.05) is 40.8 Å². The zero-order chi connectivity index (χ0) is 16.0. The summed E-state index contributed by atoms with van der Waals surface area (Å²) in [6, 6.07) is 5.81. The molecule has 6 heteroatoms. The van der Waals surface area contributed by atoms with Gasteiger partial charge in [-0.25, -0.2) is 0 Å². The molecule has 1 atom stereocenters. The van der Waals surface area contributed by atoms with Gasteiger partial charge in [-0.15, -0.1) is 0 Å². The van der Waals surface area contributed by atoms with Crippen molar-refractivity contribution in [3.8, 4) is 0 Å². The molecule has 1 aliphatic heterocycles. The molecule has 1 aromatic heterocycles. The van der Waals surface area contributed by atoms with E-state index >= 15 is 0 Å². The van der Waals surface area contributed by atoms with Crippen LogP contribution in [-0.4, -0.2) is 40.8 Å². The molecule has 2 aromatic rings. The van der Waals surface area contributed by atoms with Crippen LogP contribution >= 0.6 is 11.6 Å². The highest BCUT2D eigenvalue weighted by Gasteiger charge is 2.30. The van der Waals surface area contributed by atoms with Crippen LogP contribution in [0.15, 0.2) is 18.2 Å². The van der Waals surface area contributed by atoms with Crippen molar-refractivity contribution in [2.75, 3.05) is 13.1 Å². The van der Waals surface area contributed by atoms with Crippen molar-refractivity contribution in [1.29, 1.82) is 0 Å². The Balaban J connectivity index is 1.51. The van der Waals surface area contributed by atoms with Gasteiger partial charge in [0.15, 0.2) is 0 Å². The number of carbonyl (C=O) groups excluding carboxylic acids is 2. The minimum Gasteiger partial charge on any atom is -0.358 e. The molecule has 1 fully saturated rings. The minimum absolute atomic E-state index is 0.00166. The van der Waals surface area contributed by atoms with Crippen molar-refractivity contribution in [3.05, 3.63) is 34.5 Å². The van der Waals surface area contributed by atoms with E-state index in [2.05, 4.69) is 10.3 Å². The topological polar surface area (TPSA) is 65.2 Å². The highest BCUT2D eigenvalue weighted by Crippen LogP contribution is 2.31. The second kappa shape index (κ2) is 5.57. The molecule has 2 heterocycles. The number of rotatable bonds is 1. The molecule has 23 heavy (non-hydrogen) atoms. The quantitative estimate of drug-likeness (QED) is 0.785. The second-order valence-electron chi connectivity index (χ2n) is 6.33. The Labute approximate surface area is 139 Å². The molecule has 0 radical (unpaired) electrons. The SMILES string of the molecule is O=C(NC1CCc2[nH]c3ccc(Cl)cc3c2C1)C(=O)N1CCC1. The first kappa shape index (κ1) is 14.6. The van der Waals surface area contributed by atoms with Crippen LogP contribution in [0.4, 0.5) is 0 Å². The Hall–Kier alpha value is -2.01. The Morgan fingerprint density at radius 1 is 1.30 bits per heavy atom. The van der Waals surface area contributed by atoms with Crippen LogP contribution in [0.2, 0.25) is 5.02 Å². The number of carbonyl (C=O) groups is 2. The average molecular weight is 332 g/mol. The molecule has 2 aliphatic rings. The number of amides is 2. The van der Waals surface area contributed by atoms with Crippen molar-refractivity contribution in [2.24, 2.45) is 0 Å². The smallest absolute Gasteiger partial charge is 0.311 e. The van der Waals surface area contributed by atoms with E-state index in [1.807, 2.05) is 18.2 Å². The minimum atomic E-state index is -0.476. The van der Waals surface area contributed by atoms with Crippen LogP contribution in [0.5, 0.6) is 0 Å². The lowest BCUT2D eigenvalue weighted by molar-refractivity contribution is -0.148. The fraction of sp³-hybridized carbons (Fsp3) is 0.412. The van der Waals surface area contributed by atoms with Gasteiger partial charge in [0.05, 0.1) is 0 Å². The molecule has 1 aromatic carbocycles. The van der Waals surface area contributed by atoms with Crippen LogP contribution < -0.4 is 5.32 Å². The summed E-state index contributed by atoms with van der Waals surface area (Å²) in [5, 5.41) is 4.72. The number of likely N-dealkylation sites (tertiary alicyclic amines) is 1. The van der Waals surface area contributed by atoms with Gasteiger partial charge in [-0.1, -0.05) is 11.6 Å². The van der Waals surface area contributed by atoms with E-state index in [0.717, 1.165) is 36.6 Å². The number of aryl methyl sites for hydroxylation is 1. The van der Waals surface area contributed by atoms with Crippen LogP contribution in [-0.2, 0) is 22.4 Å². The van der Waals surface area contributed by atoms with E-state index in [-0.39, 0.29) is 6.04 Å². The summed E-state index contributed by atoms with van der Waals surface area (Å²) in [6.07, 6.45) is 3.42. The number of hydrogen-bond donors (Lipinski definition) is 2. The lowest BCUT2D eigenvalue weighted by atomic mass is 9.91. The van der Waals surface area contributed by atoms with Crippen molar-refractivity contribution >= 4 is 34.3 Å². The maximum absolute atomic E-state index is 12.1. The van der Waals surface area contributed by atoms with E-state index in [1.165, 1.54) is 11.3 Å². The van der Waals surface area contributed by atoms with E-state index < -0.39 is 11.8 Å². The molecule has 2 N–H and O–H groups in total. The predicted octanol–water partition coefficient (Wildman–Crippen LogP) is 2.03. The van der Waals surface area contributed by atoms with Crippen molar-refractivity contribution < 1.29 is 9.59 Å².